The molecule has 0 amide bonds. The van der Waals surface area contributed by atoms with E-state index in [9.17, 15) is 10.2 Å². The van der Waals surface area contributed by atoms with Gasteiger partial charge in [-0.2, -0.15) is 0 Å². The van der Waals surface area contributed by atoms with E-state index in [-0.39, 0.29) is 5.75 Å². The van der Waals surface area contributed by atoms with Gasteiger partial charge >= 0.3 is 0 Å². The number of aromatic nitrogens is 1. The van der Waals surface area contributed by atoms with Gasteiger partial charge in [-0.3, -0.25) is 4.98 Å². The minimum absolute atomic E-state index is 0.232. The number of benzene rings is 1. The Morgan fingerprint density at radius 1 is 1.06 bits per heavy atom. The largest absolute Gasteiger partial charge is 0.508 e. The number of aliphatic hydroxyl groups excluding tert-OH is 1. The van der Waals surface area contributed by atoms with Crippen LogP contribution < -0.4 is 0 Å². The summed E-state index contributed by atoms with van der Waals surface area (Å²) in [5, 5.41) is 19.3. The van der Waals surface area contributed by atoms with Crippen molar-refractivity contribution < 1.29 is 10.2 Å². The zero-order valence-corrected chi connectivity index (χ0v) is 9.45. The number of hydrogen-bond acceptors (Lipinski definition) is 3. The van der Waals surface area contributed by atoms with Crippen LogP contribution in [0.4, 0.5) is 0 Å². The summed E-state index contributed by atoms with van der Waals surface area (Å²) in [6, 6.07) is 10.8. The molecule has 2 aromatic rings. The first-order valence-corrected chi connectivity index (χ1v) is 5.59. The zero-order valence-electron chi connectivity index (χ0n) is 9.45. The minimum atomic E-state index is -0.457. The molecule has 17 heavy (non-hydrogen) atoms. The van der Waals surface area contributed by atoms with Gasteiger partial charge in [-0.05, 0) is 35.7 Å². The van der Waals surface area contributed by atoms with E-state index < -0.39 is 6.10 Å². The second kappa shape index (κ2) is 5.46. The molecule has 2 rings (SSSR count). The maximum absolute atomic E-state index is 9.94. The third-order valence-electron chi connectivity index (χ3n) is 2.58. The summed E-state index contributed by atoms with van der Waals surface area (Å²) in [4.78, 5) is 4.01. The van der Waals surface area contributed by atoms with E-state index in [1.807, 2.05) is 18.2 Å². The highest BCUT2D eigenvalue weighted by atomic mass is 16.3. The molecule has 0 aliphatic heterocycles. The lowest BCUT2D eigenvalue weighted by Crippen LogP contribution is -2.13. The summed E-state index contributed by atoms with van der Waals surface area (Å²) in [7, 11) is 0. The second-order valence-corrected chi connectivity index (χ2v) is 4.09. The third-order valence-corrected chi connectivity index (χ3v) is 2.58. The van der Waals surface area contributed by atoms with Crippen LogP contribution in [0.1, 0.15) is 11.1 Å². The first-order valence-electron chi connectivity index (χ1n) is 5.59. The van der Waals surface area contributed by atoms with Gasteiger partial charge in [0.05, 0.1) is 6.10 Å². The molecule has 3 nitrogen and oxygen atoms in total. The summed E-state index contributed by atoms with van der Waals surface area (Å²) in [5.41, 5.74) is 1.95. The Hall–Kier alpha value is -1.87. The Balaban J connectivity index is 1.96. The molecule has 0 aliphatic carbocycles. The predicted octanol–water partition coefficient (Wildman–Crippen LogP) is 1.93. The van der Waals surface area contributed by atoms with Crippen molar-refractivity contribution in [3.63, 3.8) is 0 Å². The molecule has 3 heteroatoms. The molecule has 1 aromatic heterocycles. The van der Waals surface area contributed by atoms with E-state index in [2.05, 4.69) is 4.98 Å². The molecule has 0 bridgehead atoms. The summed E-state index contributed by atoms with van der Waals surface area (Å²) in [6.45, 7) is 0. The van der Waals surface area contributed by atoms with Crippen molar-refractivity contribution in [2.75, 3.05) is 0 Å². The standard InChI is InChI=1S/C14H15NO2/c16-13-5-1-3-11(7-13)8-14(17)9-12-4-2-6-15-10-12/h1-7,10,14,16-17H,8-9H2. The Bertz CT molecular complexity index is 471. The van der Waals surface area contributed by atoms with E-state index in [0.717, 1.165) is 11.1 Å². The molecule has 0 aliphatic rings. The van der Waals surface area contributed by atoms with Crippen LogP contribution in [-0.4, -0.2) is 21.3 Å². The van der Waals surface area contributed by atoms with Crippen LogP contribution in [-0.2, 0) is 12.8 Å². The van der Waals surface area contributed by atoms with Gasteiger partial charge in [-0.1, -0.05) is 18.2 Å². The third kappa shape index (κ3) is 3.57. The van der Waals surface area contributed by atoms with E-state index in [1.165, 1.54) is 0 Å². The summed E-state index contributed by atoms with van der Waals surface area (Å²) >= 11 is 0. The van der Waals surface area contributed by atoms with Crippen molar-refractivity contribution in [3.8, 4) is 5.75 Å². The second-order valence-electron chi connectivity index (χ2n) is 4.09. The summed E-state index contributed by atoms with van der Waals surface area (Å²) < 4.78 is 0. The fourth-order valence-corrected chi connectivity index (χ4v) is 1.82. The zero-order chi connectivity index (χ0) is 12.1. The lowest BCUT2D eigenvalue weighted by Gasteiger charge is -2.10. The smallest absolute Gasteiger partial charge is 0.115 e. The summed E-state index contributed by atoms with van der Waals surface area (Å²) in [5.74, 6) is 0.232. The topological polar surface area (TPSA) is 53.4 Å². The Labute approximate surface area is 100 Å². The van der Waals surface area contributed by atoms with Gasteiger partial charge in [0.2, 0.25) is 0 Å². The highest BCUT2D eigenvalue weighted by molar-refractivity contribution is 5.27. The van der Waals surface area contributed by atoms with E-state index in [0.29, 0.717) is 12.8 Å². The lowest BCUT2D eigenvalue weighted by molar-refractivity contribution is 0.175. The number of hydrogen-bond donors (Lipinski definition) is 2. The Kier molecular flexibility index (Phi) is 3.73. The molecule has 1 atom stereocenters. The SMILES string of the molecule is Oc1cccc(CC(O)Cc2cccnc2)c1. The van der Waals surface area contributed by atoms with Gasteiger partial charge in [0.25, 0.3) is 0 Å². The van der Waals surface area contributed by atoms with E-state index >= 15 is 0 Å². The van der Waals surface area contributed by atoms with Gasteiger partial charge in [-0.15, -0.1) is 0 Å². The van der Waals surface area contributed by atoms with Crippen LogP contribution in [0, 0.1) is 0 Å². The van der Waals surface area contributed by atoms with Crippen LogP contribution >= 0.6 is 0 Å². The number of aliphatic hydroxyl groups is 1. The van der Waals surface area contributed by atoms with Gasteiger partial charge in [0.15, 0.2) is 0 Å². The molecule has 88 valence electrons. The van der Waals surface area contributed by atoms with Crippen molar-refractivity contribution in [2.24, 2.45) is 0 Å². The molecule has 0 fully saturated rings. The highest BCUT2D eigenvalue weighted by Crippen LogP contribution is 2.14. The number of aromatic hydroxyl groups is 1. The minimum Gasteiger partial charge on any atom is -0.508 e. The molecular formula is C14H15NO2. The molecule has 0 saturated carbocycles. The average Bonchev–Trinajstić information content (AvgIpc) is 2.30. The maximum atomic E-state index is 9.94. The molecular weight excluding hydrogens is 214 g/mol. The van der Waals surface area contributed by atoms with Crippen molar-refractivity contribution in [3.05, 3.63) is 59.9 Å². The van der Waals surface area contributed by atoms with Crippen LogP contribution in [0.15, 0.2) is 48.8 Å². The van der Waals surface area contributed by atoms with Crippen molar-refractivity contribution in [2.45, 2.75) is 18.9 Å². The van der Waals surface area contributed by atoms with Gasteiger partial charge < -0.3 is 10.2 Å². The molecule has 1 heterocycles. The fraction of sp³-hybridized carbons (Fsp3) is 0.214. The fourth-order valence-electron chi connectivity index (χ4n) is 1.82. The molecule has 0 saturated heterocycles. The number of rotatable bonds is 4. The highest BCUT2D eigenvalue weighted by Gasteiger charge is 2.07. The molecule has 0 spiro atoms. The molecule has 1 aromatic carbocycles. The Morgan fingerprint density at radius 2 is 1.82 bits per heavy atom. The van der Waals surface area contributed by atoms with Gasteiger partial charge in [-0.25, -0.2) is 0 Å². The van der Waals surface area contributed by atoms with Crippen molar-refractivity contribution in [1.29, 1.82) is 0 Å². The van der Waals surface area contributed by atoms with Gasteiger partial charge in [0.1, 0.15) is 5.75 Å². The van der Waals surface area contributed by atoms with Gasteiger partial charge in [0, 0.05) is 18.8 Å². The first kappa shape index (κ1) is 11.6. The maximum Gasteiger partial charge on any atom is 0.115 e. The van der Waals surface area contributed by atoms with Crippen molar-refractivity contribution >= 4 is 0 Å². The molecule has 2 N–H and O–H groups in total. The first-order chi connectivity index (χ1) is 8.24. The quantitative estimate of drug-likeness (QED) is 0.842. The monoisotopic (exact) mass is 229 g/mol. The number of phenols is 1. The molecule has 0 radical (unpaired) electrons. The van der Waals surface area contributed by atoms with E-state index in [1.54, 1.807) is 30.6 Å². The predicted molar refractivity (Wildman–Crippen MR) is 65.8 cm³/mol. The average molecular weight is 229 g/mol. The molecule has 1 unspecified atom stereocenters. The number of phenolic OH excluding ortho intramolecular Hbond substituents is 1. The van der Waals surface area contributed by atoms with Crippen molar-refractivity contribution in [1.82, 2.24) is 4.98 Å². The Morgan fingerprint density at radius 3 is 2.53 bits per heavy atom. The van der Waals surface area contributed by atoms with E-state index in [4.69, 9.17) is 0 Å². The summed E-state index contributed by atoms with van der Waals surface area (Å²) in [6.07, 6.45) is 4.12. The number of pyridine rings is 1. The van der Waals surface area contributed by atoms with Crippen LogP contribution in [0.3, 0.4) is 0 Å². The lowest BCUT2D eigenvalue weighted by atomic mass is 10.0. The number of nitrogens with zero attached hydrogens (tertiary/aromatic N) is 1. The van der Waals surface area contributed by atoms with Crippen LogP contribution in [0.2, 0.25) is 0 Å². The normalized spacial score (nSPS) is 12.3. The van der Waals surface area contributed by atoms with Crippen LogP contribution in [0.25, 0.3) is 0 Å². The van der Waals surface area contributed by atoms with Crippen LogP contribution in [0.5, 0.6) is 5.75 Å².